The summed E-state index contributed by atoms with van der Waals surface area (Å²) in [6, 6.07) is 0. The predicted molar refractivity (Wildman–Crippen MR) is 61.7 cm³/mol. The van der Waals surface area contributed by atoms with Crippen molar-refractivity contribution in [1.82, 2.24) is 0 Å². The number of aliphatic hydroxyl groups excluding tert-OH is 2. The first-order valence-electron chi connectivity index (χ1n) is 4.50. The van der Waals surface area contributed by atoms with Gasteiger partial charge in [-0.2, -0.15) is 0 Å². The number of hydrogen-bond donors (Lipinski definition) is 2. The van der Waals surface area contributed by atoms with Crippen molar-refractivity contribution >= 4 is 0 Å². The van der Waals surface area contributed by atoms with Crippen molar-refractivity contribution < 1.29 is 10.2 Å². The molecule has 2 nitrogen and oxygen atoms in total. The summed E-state index contributed by atoms with van der Waals surface area (Å²) in [5, 5.41) is 18.3. The number of hydrogen-bond acceptors (Lipinski definition) is 2. The van der Waals surface area contributed by atoms with Crippen molar-refractivity contribution in [1.29, 1.82) is 0 Å². The van der Waals surface area contributed by atoms with E-state index in [2.05, 4.69) is 30.3 Å². The lowest BCUT2D eigenvalue weighted by Gasteiger charge is -2.07. The molecule has 2 N–H and O–H groups in total. The second-order valence-electron chi connectivity index (χ2n) is 2.61. The zero-order valence-electron chi connectivity index (χ0n) is 8.64. The topological polar surface area (TPSA) is 40.5 Å². The summed E-state index contributed by atoms with van der Waals surface area (Å²) in [5.41, 5.74) is 0. The molecule has 0 aromatic rings. The Labute approximate surface area is 90.6 Å². The van der Waals surface area contributed by atoms with Crippen LogP contribution in [-0.4, -0.2) is 22.4 Å². The highest BCUT2D eigenvalue weighted by Gasteiger charge is 2.06. The molecule has 0 unspecified atom stereocenters. The van der Waals surface area contributed by atoms with Crippen LogP contribution >= 0.6 is 0 Å². The lowest BCUT2D eigenvalue weighted by Crippen LogP contribution is -2.20. The minimum absolute atomic E-state index is 0.961. The SMILES string of the molecule is C=C[C@H](O)[C@H](O)/C=C/C#CC#C/C=C/C. The first kappa shape index (κ1) is 13.3. The minimum atomic E-state index is -0.972. The fourth-order valence-electron chi connectivity index (χ4n) is 0.639. The van der Waals surface area contributed by atoms with E-state index in [1.165, 1.54) is 18.2 Å². The third-order valence-corrected chi connectivity index (χ3v) is 1.42. The van der Waals surface area contributed by atoms with E-state index in [0.717, 1.165) is 0 Å². The molecule has 0 aromatic carbocycles. The van der Waals surface area contributed by atoms with Crippen molar-refractivity contribution in [2.45, 2.75) is 19.1 Å². The molecule has 0 spiro atoms. The second-order valence-corrected chi connectivity index (χ2v) is 2.61. The molecule has 0 bridgehead atoms. The summed E-state index contributed by atoms with van der Waals surface area (Å²) in [4.78, 5) is 0. The van der Waals surface area contributed by atoms with Gasteiger partial charge in [-0.1, -0.05) is 24.0 Å². The van der Waals surface area contributed by atoms with Crippen LogP contribution in [-0.2, 0) is 0 Å². The van der Waals surface area contributed by atoms with E-state index in [1.54, 1.807) is 6.08 Å². The van der Waals surface area contributed by atoms with Gasteiger partial charge < -0.3 is 10.2 Å². The monoisotopic (exact) mass is 202 g/mol. The van der Waals surface area contributed by atoms with E-state index in [4.69, 9.17) is 5.11 Å². The number of allylic oxidation sites excluding steroid dienone is 3. The molecule has 15 heavy (non-hydrogen) atoms. The normalized spacial score (nSPS) is 13.8. The van der Waals surface area contributed by atoms with Crippen LogP contribution in [0.2, 0.25) is 0 Å². The highest BCUT2D eigenvalue weighted by Crippen LogP contribution is 1.95. The van der Waals surface area contributed by atoms with E-state index >= 15 is 0 Å². The third kappa shape index (κ3) is 7.34. The molecule has 0 aliphatic heterocycles. The van der Waals surface area contributed by atoms with Gasteiger partial charge in [0.25, 0.3) is 0 Å². The van der Waals surface area contributed by atoms with Crippen LogP contribution < -0.4 is 0 Å². The summed E-state index contributed by atoms with van der Waals surface area (Å²) in [6.45, 7) is 5.22. The van der Waals surface area contributed by atoms with Gasteiger partial charge in [0, 0.05) is 0 Å². The summed E-state index contributed by atoms with van der Waals surface area (Å²) in [7, 11) is 0. The number of aliphatic hydroxyl groups is 2. The maximum absolute atomic E-state index is 9.24. The molecule has 0 fully saturated rings. The van der Waals surface area contributed by atoms with E-state index in [0.29, 0.717) is 0 Å². The molecular weight excluding hydrogens is 188 g/mol. The zero-order chi connectivity index (χ0) is 11.5. The molecule has 0 saturated carbocycles. The Hall–Kier alpha value is -1.74. The Morgan fingerprint density at radius 3 is 2.20 bits per heavy atom. The van der Waals surface area contributed by atoms with Gasteiger partial charge in [-0.25, -0.2) is 0 Å². The van der Waals surface area contributed by atoms with Crippen LogP contribution in [0.5, 0.6) is 0 Å². The molecule has 0 rings (SSSR count). The molecule has 0 aliphatic carbocycles. The average molecular weight is 202 g/mol. The van der Waals surface area contributed by atoms with Crippen molar-refractivity contribution in [3.63, 3.8) is 0 Å². The zero-order valence-corrected chi connectivity index (χ0v) is 8.64. The lowest BCUT2D eigenvalue weighted by atomic mass is 10.2. The fraction of sp³-hybridized carbons (Fsp3) is 0.231. The molecule has 78 valence electrons. The summed E-state index contributed by atoms with van der Waals surface area (Å²) in [5.74, 6) is 10.5. The van der Waals surface area contributed by atoms with E-state index < -0.39 is 12.2 Å². The quantitative estimate of drug-likeness (QED) is 0.530. The molecular formula is C13H14O2. The first-order valence-corrected chi connectivity index (χ1v) is 4.50. The fourth-order valence-corrected chi connectivity index (χ4v) is 0.639. The number of rotatable bonds is 3. The molecule has 0 heterocycles. The van der Waals surface area contributed by atoms with Gasteiger partial charge in [0.05, 0.1) is 0 Å². The smallest absolute Gasteiger partial charge is 0.102 e. The molecule has 0 amide bonds. The Balaban J connectivity index is 4.10. The van der Waals surface area contributed by atoms with E-state index in [-0.39, 0.29) is 0 Å². The van der Waals surface area contributed by atoms with Crippen LogP contribution in [0.25, 0.3) is 0 Å². The van der Waals surface area contributed by atoms with Gasteiger partial charge in [-0.05, 0) is 37.0 Å². The summed E-state index contributed by atoms with van der Waals surface area (Å²) >= 11 is 0. The lowest BCUT2D eigenvalue weighted by molar-refractivity contribution is 0.0811. The van der Waals surface area contributed by atoms with Gasteiger partial charge in [0.2, 0.25) is 0 Å². The van der Waals surface area contributed by atoms with Crippen LogP contribution in [0.1, 0.15) is 6.92 Å². The van der Waals surface area contributed by atoms with Crippen LogP contribution in [0.4, 0.5) is 0 Å². The maximum atomic E-state index is 9.24. The highest BCUT2D eigenvalue weighted by atomic mass is 16.3. The summed E-state index contributed by atoms with van der Waals surface area (Å²) < 4.78 is 0. The second kappa shape index (κ2) is 8.84. The van der Waals surface area contributed by atoms with Gasteiger partial charge in [-0.3, -0.25) is 0 Å². The van der Waals surface area contributed by atoms with Crippen molar-refractivity contribution in [2.24, 2.45) is 0 Å². The Kier molecular flexibility index (Phi) is 7.82. The molecule has 2 atom stereocenters. The average Bonchev–Trinajstić information content (AvgIpc) is 2.26. The van der Waals surface area contributed by atoms with E-state index in [9.17, 15) is 5.11 Å². The Bertz CT molecular complexity index is 355. The maximum Gasteiger partial charge on any atom is 0.102 e. The highest BCUT2D eigenvalue weighted by molar-refractivity contribution is 5.34. The molecule has 0 aromatic heterocycles. The van der Waals surface area contributed by atoms with Crippen LogP contribution in [0.15, 0.2) is 37.0 Å². The molecule has 0 saturated heterocycles. The molecule has 0 radical (unpaired) electrons. The van der Waals surface area contributed by atoms with Crippen molar-refractivity contribution in [3.8, 4) is 23.7 Å². The predicted octanol–water partition coefficient (Wildman–Crippen LogP) is 1.03. The van der Waals surface area contributed by atoms with Crippen molar-refractivity contribution in [3.05, 3.63) is 37.0 Å². The molecule has 0 aliphatic rings. The minimum Gasteiger partial charge on any atom is -0.386 e. The standard InChI is InChI=1S/C13H14O2/c1-3-5-6-7-8-9-10-11-13(15)12(14)4-2/h3-5,10-15H,2H2,1H3/b5-3+,11-10+/t12-,13+/m0/s1. The van der Waals surface area contributed by atoms with Gasteiger partial charge in [0.1, 0.15) is 12.2 Å². The Morgan fingerprint density at radius 1 is 1.07 bits per heavy atom. The third-order valence-electron chi connectivity index (χ3n) is 1.42. The van der Waals surface area contributed by atoms with Crippen LogP contribution in [0, 0.1) is 23.7 Å². The molecule has 2 heteroatoms. The van der Waals surface area contributed by atoms with Gasteiger partial charge in [-0.15, -0.1) is 6.58 Å². The largest absolute Gasteiger partial charge is 0.386 e. The van der Waals surface area contributed by atoms with E-state index in [1.807, 2.05) is 13.0 Å². The van der Waals surface area contributed by atoms with Gasteiger partial charge >= 0.3 is 0 Å². The van der Waals surface area contributed by atoms with Gasteiger partial charge in [0.15, 0.2) is 0 Å². The van der Waals surface area contributed by atoms with Crippen molar-refractivity contribution in [2.75, 3.05) is 0 Å². The summed E-state index contributed by atoms with van der Waals surface area (Å²) in [6.07, 6.45) is 5.66. The first-order chi connectivity index (χ1) is 7.22. The van der Waals surface area contributed by atoms with Crippen LogP contribution in [0.3, 0.4) is 0 Å². The Morgan fingerprint density at radius 2 is 1.67 bits per heavy atom.